The van der Waals surface area contributed by atoms with Crippen molar-refractivity contribution in [3.63, 3.8) is 0 Å². The molecule has 0 bridgehead atoms. The van der Waals surface area contributed by atoms with E-state index >= 15 is 0 Å². The number of nitrogens with two attached hydrogens (primary N) is 1. The molecule has 4 amide bonds. The molecule has 0 saturated heterocycles. The van der Waals surface area contributed by atoms with Crippen LogP contribution in [-0.4, -0.2) is 47.5 Å². The molecular formula is C12H20N4O5. The highest BCUT2D eigenvalue weighted by molar-refractivity contribution is 5.87. The lowest BCUT2D eigenvalue weighted by molar-refractivity contribution is -0.140. The first-order valence-electron chi connectivity index (χ1n) is 6.73. The number of hydrogen-bond acceptors (Lipinski definition) is 4. The van der Waals surface area contributed by atoms with Crippen LogP contribution in [0.25, 0.3) is 0 Å². The van der Waals surface area contributed by atoms with Crippen LogP contribution < -0.4 is 21.7 Å². The number of carbonyl (C=O) groups is 4. The molecule has 1 atom stereocenters. The van der Waals surface area contributed by atoms with Crippen molar-refractivity contribution in [3.05, 3.63) is 0 Å². The predicted octanol–water partition coefficient (Wildman–Crippen LogP) is -1.33. The molecule has 118 valence electrons. The molecule has 1 fully saturated rings. The van der Waals surface area contributed by atoms with Gasteiger partial charge in [-0.1, -0.05) is 0 Å². The fourth-order valence-corrected chi connectivity index (χ4v) is 1.59. The monoisotopic (exact) mass is 300 g/mol. The summed E-state index contributed by atoms with van der Waals surface area (Å²) in [5, 5.41) is 16.2. The Kier molecular flexibility index (Phi) is 6.44. The second-order valence-corrected chi connectivity index (χ2v) is 4.91. The van der Waals surface area contributed by atoms with Crippen LogP contribution in [0.5, 0.6) is 0 Å². The van der Waals surface area contributed by atoms with E-state index in [4.69, 9.17) is 10.8 Å². The Morgan fingerprint density at radius 2 is 1.90 bits per heavy atom. The minimum Gasteiger partial charge on any atom is -0.480 e. The zero-order valence-electron chi connectivity index (χ0n) is 11.6. The maximum absolute atomic E-state index is 11.4. The van der Waals surface area contributed by atoms with Crippen LogP contribution in [0.15, 0.2) is 0 Å². The Bertz CT molecular complexity index is 422. The lowest BCUT2D eigenvalue weighted by Crippen LogP contribution is -2.47. The molecule has 0 aromatic carbocycles. The van der Waals surface area contributed by atoms with Gasteiger partial charge in [0.25, 0.3) is 0 Å². The molecule has 0 aliphatic heterocycles. The SMILES string of the molecule is NC(=O)CC(NC(=O)NCCCC(=O)NC1CC1)C(=O)O. The fraction of sp³-hybridized carbons (Fsp3) is 0.667. The summed E-state index contributed by atoms with van der Waals surface area (Å²) in [6, 6.07) is -1.77. The Labute approximate surface area is 121 Å². The number of primary amides is 1. The standard InChI is InChI=1S/C12H20N4O5/c13-9(17)6-8(11(19)20)16-12(21)14-5-1-2-10(18)15-7-3-4-7/h7-8H,1-6H2,(H2,13,17)(H,15,18)(H,19,20)(H2,14,16,21). The number of carboxylic acids is 1. The maximum atomic E-state index is 11.4. The highest BCUT2D eigenvalue weighted by Gasteiger charge is 2.23. The maximum Gasteiger partial charge on any atom is 0.326 e. The number of urea groups is 1. The molecule has 0 spiro atoms. The summed E-state index contributed by atoms with van der Waals surface area (Å²) >= 11 is 0. The second kappa shape index (κ2) is 8.08. The molecule has 9 nitrogen and oxygen atoms in total. The molecule has 1 aliphatic rings. The summed E-state index contributed by atoms with van der Waals surface area (Å²) < 4.78 is 0. The van der Waals surface area contributed by atoms with Crippen molar-refractivity contribution in [2.45, 2.75) is 44.2 Å². The smallest absolute Gasteiger partial charge is 0.326 e. The minimum atomic E-state index is -1.36. The van der Waals surface area contributed by atoms with E-state index in [1.54, 1.807) is 0 Å². The van der Waals surface area contributed by atoms with Gasteiger partial charge in [0.2, 0.25) is 11.8 Å². The van der Waals surface area contributed by atoms with Gasteiger partial charge < -0.3 is 26.8 Å². The van der Waals surface area contributed by atoms with Crippen molar-refractivity contribution in [2.75, 3.05) is 6.54 Å². The van der Waals surface area contributed by atoms with E-state index in [1.165, 1.54) is 0 Å². The molecular weight excluding hydrogens is 280 g/mol. The first-order chi connectivity index (χ1) is 9.88. The van der Waals surface area contributed by atoms with Crippen LogP contribution in [0.2, 0.25) is 0 Å². The average Bonchev–Trinajstić information content (AvgIpc) is 3.17. The summed E-state index contributed by atoms with van der Waals surface area (Å²) in [5.74, 6) is -2.22. The zero-order valence-corrected chi connectivity index (χ0v) is 11.6. The summed E-state index contributed by atoms with van der Waals surface area (Å²) in [6.45, 7) is 0.229. The van der Waals surface area contributed by atoms with Crippen LogP contribution in [0.1, 0.15) is 32.1 Å². The zero-order chi connectivity index (χ0) is 15.8. The first kappa shape index (κ1) is 16.7. The van der Waals surface area contributed by atoms with Crippen molar-refractivity contribution in [2.24, 2.45) is 5.73 Å². The third kappa shape index (κ3) is 7.75. The van der Waals surface area contributed by atoms with Crippen LogP contribution in [0.4, 0.5) is 4.79 Å². The number of nitrogens with one attached hydrogen (secondary N) is 3. The Balaban J connectivity index is 2.15. The highest BCUT2D eigenvalue weighted by Crippen LogP contribution is 2.18. The van der Waals surface area contributed by atoms with Gasteiger partial charge in [-0.15, -0.1) is 0 Å². The first-order valence-corrected chi connectivity index (χ1v) is 6.73. The van der Waals surface area contributed by atoms with Gasteiger partial charge in [-0.05, 0) is 19.3 Å². The molecule has 1 unspecified atom stereocenters. The third-order valence-electron chi connectivity index (χ3n) is 2.82. The van der Waals surface area contributed by atoms with Gasteiger partial charge in [0, 0.05) is 19.0 Å². The Hall–Kier alpha value is -2.32. The van der Waals surface area contributed by atoms with E-state index < -0.39 is 30.4 Å². The van der Waals surface area contributed by atoms with Crippen molar-refractivity contribution in [1.82, 2.24) is 16.0 Å². The predicted molar refractivity (Wildman–Crippen MR) is 72.2 cm³/mol. The number of aliphatic carboxylic acids is 1. The van der Waals surface area contributed by atoms with Crippen LogP contribution in [0, 0.1) is 0 Å². The number of carbonyl (C=O) groups excluding carboxylic acids is 3. The van der Waals surface area contributed by atoms with Gasteiger partial charge in [-0.3, -0.25) is 9.59 Å². The van der Waals surface area contributed by atoms with Gasteiger partial charge >= 0.3 is 12.0 Å². The van der Waals surface area contributed by atoms with Crippen molar-refractivity contribution < 1.29 is 24.3 Å². The van der Waals surface area contributed by atoms with Crippen LogP contribution in [-0.2, 0) is 14.4 Å². The van der Waals surface area contributed by atoms with Gasteiger partial charge in [0.1, 0.15) is 6.04 Å². The fourth-order valence-electron chi connectivity index (χ4n) is 1.59. The van der Waals surface area contributed by atoms with Crippen LogP contribution >= 0.6 is 0 Å². The molecule has 9 heteroatoms. The quantitative estimate of drug-likeness (QED) is 0.334. The minimum absolute atomic E-state index is 0.0585. The molecule has 1 saturated carbocycles. The third-order valence-corrected chi connectivity index (χ3v) is 2.82. The molecule has 0 heterocycles. The van der Waals surface area contributed by atoms with E-state index in [0.29, 0.717) is 18.9 Å². The normalized spacial score (nSPS) is 14.9. The highest BCUT2D eigenvalue weighted by atomic mass is 16.4. The van der Waals surface area contributed by atoms with Crippen molar-refractivity contribution >= 4 is 23.8 Å². The van der Waals surface area contributed by atoms with E-state index in [0.717, 1.165) is 12.8 Å². The van der Waals surface area contributed by atoms with E-state index in [1.807, 2.05) is 0 Å². The Morgan fingerprint density at radius 3 is 2.43 bits per heavy atom. The number of hydrogen-bond donors (Lipinski definition) is 5. The second-order valence-electron chi connectivity index (χ2n) is 4.91. The van der Waals surface area contributed by atoms with Gasteiger partial charge in [-0.2, -0.15) is 0 Å². The summed E-state index contributed by atoms with van der Waals surface area (Å²) in [4.78, 5) is 44.3. The molecule has 1 aliphatic carbocycles. The van der Waals surface area contributed by atoms with Crippen molar-refractivity contribution in [1.29, 1.82) is 0 Å². The summed E-state index contributed by atoms with van der Waals surface area (Å²) in [7, 11) is 0. The van der Waals surface area contributed by atoms with E-state index in [9.17, 15) is 19.2 Å². The average molecular weight is 300 g/mol. The molecule has 0 aromatic heterocycles. The van der Waals surface area contributed by atoms with E-state index in [-0.39, 0.29) is 12.5 Å². The molecule has 1 rings (SSSR count). The van der Waals surface area contributed by atoms with Gasteiger partial charge in [0.15, 0.2) is 0 Å². The topological polar surface area (TPSA) is 151 Å². The van der Waals surface area contributed by atoms with Crippen molar-refractivity contribution in [3.8, 4) is 0 Å². The van der Waals surface area contributed by atoms with Crippen LogP contribution in [0.3, 0.4) is 0 Å². The molecule has 0 radical (unpaired) electrons. The molecule has 6 N–H and O–H groups in total. The summed E-state index contributed by atoms with van der Waals surface area (Å²) in [6.07, 6.45) is 2.29. The lowest BCUT2D eigenvalue weighted by atomic mass is 10.2. The Morgan fingerprint density at radius 1 is 1.24 bits per heavy atom. The molecule has 21 heavy (non-hydrogen) atoms. The van der Waals surface area contributed by atoms with Gasteiger partial charge in [-0.25, -0.2) is 9.59 Å². The number of carboxylic acid groups (broad SMARTS) is 1. The lowest BCUT2D eigenvalue weighted by Gasteiger charge is -2.13. The van der Waals surface area contributed by atoms with Gasteiger partial charge in [0.05, 0.1) is 6.42 Å². The van der Waals surface area contributed by atoms with E-state index in [2.05, 4.69) is 16.0 Å². The largest absolute Gasteiger partial charge is 0.480 e. The number of rotatable bonds is 9. The number of amides is 4. The summed E-state index contributed by atoms with van der Waals surface area (Å²) in [5.41, 5.74) is 4.89. The molecule has 0 aromatic rings.